The van der Waals surface area contributed by atoms with Crippen molar-refractivity contribution in [2.75, 3.05) is 12.4 Å². The molecule has 0 bridgehead atoms. The average Bonchev–Trinajstić information content (AvgIpc) is 2.60. The first-order valence-electron chi connectivity index (χ1n) is 8.09. The monoisotopic (exact) mass is 416 g/mol. The number of anilines is 1. The van der Waals surface area contributed by atoms with Gasteiger partial charge in [-0.1, -0.05) is 12.1 Å². The summed E-state index contributed by atoms with van der Waals surface area (Å²) < 4.78 is 70.7. The SMILES string of the molecule is COc1ccc(C)cc1S(=O)(=O)N[C@@H](C)C(=O)Nc1cccc(C(F)(F)F)c1. The van der Waals surface area contributed by atoms with E-state index in [0.717, 1.165) is 18.2 Å². The molecule has 1 amide bonds. The van der Waals surface area contributed by atoms with E-state index in [1.54, 1.807) is 13.0 Å². The van der Waals surface area contributed by atoms with Crippen molar-refractivity contribution in [1.29, 1.82) is 0 Å². The molecule has 0 saturated carbocycles. The first kappa shape index (κ1) is 21.7. The number of benzene rings is 2. The Bertz CT molecular complexity index is 975. The van der Waals surface area contributed by atoms with Crippen LogP contribution in [-0.4, -0.2) is 27.5 Å². The fourth-order valence-corrected chi connectivity index (χ4v) is 3.82. The predicted octanol–water partition coefficient (Wildman–Crippen LogP) is 3.33. The van der Waals surface area contributed by atoms with Gasteiger partial charge in [0.2, 0.25) is 15.9 Å². The lowest BCUT2D eigenvalue weighted by Crippen LogP contribution is -2.41. The molecule has 0 heterocycles. The van der Waals surface area contributed by atoms with Gasteiger partial charge in [-0.2, -0.15) is 17.9 Å². The first-order chi connectivity index (χ1) is 12.9. The number of carbonyl (C=O) groups excluding carboxylic acids is 1. The molecule has 0 aliphatic heterocycles. The Labute approximate surface area is 160 Å². The second kappa shape index (κ2) is 8.19. The minimum Gasteiger partial charge on any atom is -0.495 e. The van der Waals surface area contributed by atoms with Crippen LogP contribution in [0.25, 0.3) is 0 Å². The Kier molecular flexibility index (Phi) is 6.35. The number of methoxy groups -OCH3 is 1. The van der Waals surface area contributed by atoms with E-state index in [1.165, 1.54) is 32.2 Å². The molecule has 28 heavy (non-hydrogen) atoms. The van der Waals surface area contributed by atoms with Gasteiger partial charge < -0.3 is 10.1 Å². The second-order valence-corrected chi connectivity index (χ2v) is 7.75. The molecule has 152 valence electrons. The smallest absolute Gasteiger partial charge is 0.416 e. The molecular formula is C18H19F3N2O4S. The van der Waals surface area contributed by atoms with Crippen molar-refractivity contribution in [1.82, 2.24) is 4.72 Å². The van der Waals surface area contributed by atoms with Crippen molar-refractivity contribution < 1.29 is 31.1 Å². The molecule has 0 spiro atoms. The van der Waals surface area contributed by atoms with Crippen LogP contribution < -0.4 is 14.8 Å². The summed E-state index contributed by atoms with van der Waals surface area (Å²) in [5, 5.41) is 2.27. The number of rotatable bonds is 6. The lowest BCUT2D eigenvalue weighted by Gasteiger charge is -2.17. The van der Waals surface area contributed by atoms with Gasteiger partial charge in [0.15, 0.2) is 0 Å². The number of nitrogens with one attached hydrogen (secondary N) is 2. The van der Waals surface area contributed by atoms with Crippen molar-refractivity contribution in [2.24, 2.45) is 0 Å². The molecule has 2 aromatic rings. The number of sulfonamides is 1. The summed E-state index contributed by atoms with van der Waals surface area (Å²) in [7, 11) is -2.80. The molecule has 0 aromatic heterocycles. The number of hydrogen-bond acceptors (Lipinski definition) is 4. The maximum atomic E-state index is 12.8. The minimum absolute atomic E-state index is 0.0981. The Morgan fingerprint density at radius 2 is 1.82 bits per heavy atom. The Hall–Kier alpha value is -2.59. The standard InChI is InChI=1S/C18H19F3N2O4S/c1-11-7-8-15(27-3)16(9-11)28(25,26)23-12(2)17(24)22-14-6-4-5-13(10-14)18(19,20)21/h4-10,12,23H,1-3H3,(H,22,24)/t12-/m0/s1. The zero-order valence-electron chi connectivity index (χ0n) is 15.3. The van der Waals surface area contributed by atoms with E-state index in [4.69, 9.17) is 4.74 Å². The highest BCUT2D eigenvalue weighted by Gasteiger charge is 2.31. The zero-order valence-corrected chi connectivity index (χ0v) is 16.1. The minimum atomic E-state index is -4.56. The third kappa shape index (κ3) is 5.23. The van der Waals surface area contributed by atoms with E-state index < -0.39 is 33.7 Å². The molecule has 1 atom stereocenters. The van der Waals surface area contributed by atoms with Crippen LogP contribution in [-0.2, 0) is 21.0 Å². The summed E-state index contributed by atoms with van der Waals surface area (Å²) >= 11 is 0. The maximum Gasteiger partial charge on any atom is 0.416 e. The van der Waals surface area contributed by atoms with Crippen LogP contribution >= 0.6 is 0 Å². The van der Waals surface area contributed by atoms with Crippen molar-refractivity contribution in [3.05, 3.63) is 53.6 Å². The third-order valence-electron chi connectivity index (χ3n) is 3.79. The fraction of sp³-hybridized carbons (Fsp3) is 0.278. The summed E-state index contributed by atoms with van der Waals surface area (Å²) in [5.74, 6) is -0.710. The first-order valence-corrected chi connectivity index (χ1v) is 9.57. The van der Waals surface area contributed by atoms with Crippen molar-refractivity contribution in [3.8, 4) is 5.75 Å². The van der Waals surface area contributed by atoms with Crippen LogP contribution in [0.4, 0.5) is 18.9 Å². The normalized spacial score (nSPS) is 13.1. The summed E-state index contributed by atoms with van der Waals surface area (Å²) in [5.41, 5.74) is -0.357. The summed E-state index contributed by atoms with van der Waals surface area (Å²) in [6.45, 7) is 2.98. The van der Waals surface area contributed by atoms with Crippen LogP contribution in [0.2, 0.25) is 0 Å². The van der Waals surface area contributed by atoms with E-state index >= 15 is 0 Å². The zero-order chi connectivity index (χ0) is 21.1. The quantitative estimate of drug-likeness (QED) is 0.757. The van der Waals surface area contributed by atoms with Crippen LogP contribution in [0.15, 0.2) is 47.4 Å². The van der Waals surface area contributed by atoms with Crippen LogP contribution in [0, 0.1) is 6.92 Å². The van der Waals surface area contributed by atoms with E-state index in [2.05, 4.69) is 10.0 Å². The highest BCUT2D eigenvalue weighted by atomic mass is 32.2. The van der Waals surface area contributed by atoms with Crippen LogP contribution in [0.1, 0.15) is 18.1 Å². The summed E-state index contributed by atoms with van der Waals surface area (Å²) in [6.07, 6.45) is -4.56. The molecular weight excluding hydrogens is 397 g/mol. The van der Waals surface area contributed by atoms with Gasteiger partial charge in [-0.25, -0.2) is 8.42 Å². The van der Waals surface area contributed by atoms with Gasteiger partial charge in [0.05, 0.1) is 18.7 Å². The molecule has 0 radical (unpaired) electrons. The van der Waals surface area contributed by atoms with E-state index in [9.17, 15) is 26.4 Å². The molecule has 2 N–H and O–H groups in total. The molecule has 0 fully saturated rings. The van der Waals surface area contributed by atoms with Gasteiger partial charge in [-0.15, -0.1) is 0 Å². The Balaban J connectivity index is 2.17. The van der Waals surface area contributed by atoms with Crippen molar-refractivity contribution >= 4 is 21.6 Å². The molecule has 0 saturated heterocycles. The average molecular weight is 416 g/mol. The van der Waals surface area contributed by atoms with Gasteiger partial charge in [0, 0.05) is 5.69 Å². The highest BCUT2D eigenvalue weighted by Crippen LogP contribution is 2.30. The summed E-state index contributed by atoms with van der Waals surface area (Å²) in [4.78, 5) is 12.1. The van der Waals surface area contributed by atoms with Crippen molar-refractivity contribution in [3.63, 3.8) is 0 Å². The van der Waals surface area contributed by atoms with Crippen molar-refractivity contribution in [2.45, 2.75) is 31.0 Å². The molecule has 10 heteroatoms. The lowest BCUT2D eigenvalue weighted by atomic mass is 10.2. The van der Waals surface area contributed by atoms with Gasteiger partial charge in [0.25, 0.3) is 0 Å². The molecule has 2 rings (SSSR count). The molecule has 0 aliphatic carbocycles. The number of halogens is 3. The topological polar surface area (TPSA) is 84.5 Å². The van der Waals surface area contributed by atoms with Crippen LogP contribution in [0.3, 0.4) is 0 Å². The number of carbonyl (C=O) groups is 1. The number of amides is 1. The number of ether oxygens (including phenoxy) is 1. The lowest BCUT2D eigenvalue weighted by molar-refractivity contribution is -0.137. The van der Waals surface area contributed by atoms with Gasteiger partial charge >= 0.3 is 6.18 Å². The second-order valence-electron chi connectivity index (χ2n) is 6.07. The van der Waals surface area contributed by atoms with E-state index in [-0.39, 0.29) is 16.3 Å². The van der Waals surface area contributed by atoms with Crippen LogP contribution in [0.5, 0.6) is 5.75 Å². The third-order valence-corrected chi connectivity index (χ3v) is 5.35. The molecule has 0 unspecified atom stereocenters. The number of hydrogen-bond donors (Lipinski definition) is 2. The number of aryl methyl sites for hydroxylation is 1. The van der Waals surface area contributed by atoms with E-state index in [0.29, 0.717) is 5.56 Å². The number of alkyl halides is 3. The van der Waals surface area contributed by atoms with E-state index in [1.807, 2.05) is 0 Å². The van der Waals surface area contributed by atoms with Gasteiger partial charge in [-0.3, -0.25) is 4.79 Å². The van der Waals surface area contributed by atoms with Gasteiger partial charge in [0.1, 0.15) is 10.6 Å². The Morgan fingerprint density at radius 1 is 1.14 bits per heavy atom. The fourth-order valence-electron chi connectivity index (χ4n) is 2.37. The van der Waals surface area contributed by atoms with Gasteiger partial charge in [-0.05, 0) is 49.7 Å². The highest BCUT2D eigenvalue weighted by molar-refractivity contribution is 7.89. The largest absolute Gasteiger partial charge is 0.495 e. The summed E-state index contributed by atoms with van der Waals surface area (Å²) in [6, 6.07) is 7.35. The maximum absolute atomic E-state index is 12.8. The molecule has 6 nitrogen and oxygen atoms in total. The molecule has 0 aliphatic rings. The Morgan fingerprint density at radius 3 is 2.43 bits per heavy atom. The molecule has 2 aromatic carbocycles. The predicted molar refractivity (Wildman–Crippen MR) is 97.6 cm³/mol.